The van der Waals surface area contributed by atoms with Crippen LogP contribution in [-0.2, 0) is 9.45 Å². The molecule has 0 amide bonds. The molecule has 0 fully saturated rings. The van der Waals surface area contributed by atoms with Crippen molar-refractivity contribution >= 4 is 14.0 Å². The normalized spacial score (nSPS) is 9.78. The van der Waals surface area contributed by atoms with E-state index in [2.05, 4.69) is 12.7 Å². The SMILES string of the molecule is [B-]OC(=O)C(C)(C)C.[Na+]. The van der Waals surface area contributed by atoms with Crippen molar-refractivity contribution in [3.8, 4) is 0 Å². The summed E-state index contributed by atoms with van der Waals surface area (Å²) in [6, 6.07) is 0. The van der Waals surface area contributed by atoms with E-state index in [-0.39, 0.29) is 29.6 Å². The Hall–Kier alpha value is 0.535. The predicted molar refractivity (Wildman–Crippen MR) is 31.3 cm³/mol. The minimum atomic E-state index is -0.477. The second-order valence-corrected chi connectivity index (χ2v) is 2.66. The molecule has 0 aliphatic carbocycles. The fourth-order valence-electron chi connectivity index (χ4n) is 0.177. The summed E-state index contributed by atoms with van der Waals surface area (Å²) in [6.07, 6.45) is 0. The third-order valence-corrected chi connectivity index (χ3v) is 0.719. The molecular formula is C5H9BNaO2. The minimum Gasteiger partial charge on any atom is -0.793 e. The van der Waals surface area contributed by atoms with E-state index in [1.165, 1.54) is 0 Å². The predicted octanol–water partition coefficient (Wildman–Crippen LogP) is -2.34. The zero-order valence-corrected chi connectivity index (χ0v) is 8.39. The molecular weight excluding hydrogens is 126 g/mol. The molecule has 0 N–H and O–H groups in total. The Morgan fingerprint density at radius 1 is 1.44 bits per heavy atom. The van der Waals surface area contributed by atoms with Crippen molar-refractivity contribution < 1.29 is 39.0 Å². The Labute approximate surface area is 79.1 Å². The molecule has 2 nitrogen and oxygen atoms in total. The fraction of sp³-hybridized carbons (Fsp3) is 0.800. The maximum atomic E-state index is 10.5. The number of hydrogen-bond acceptors (Lipinski definition) is 2. The topological polar surface area (TPSA) is 26.3 Å². The molecule has 0 bridgehead atoms. The molecule has 4 heteroatoms. The molecule has 9 heavy (non-hydrogen) atoms. The number of rotatable bonds is 0. The Bertz CT molecular complexity index is 97.6. The van der Waals surface area contributed by atoms with Gasteiger partial charge in [-0.3, -0.25) is 4.79 Å². The van der Waals surface area contributed by atoms with Gasteiger partial charge in [0.25, 0.3) is 5.97 Å². The maximum absolute atomic E-state index is 10.5. The first-order chi connectivity index (χ1) is 3.48. The van der Waals surface area contributed by atoms with Crippen LogP contribution in [0.25, 0.3) is 0 Å². The van der Waals surface area contributed by atoms with Crippen molar-refractivity contribution in [1.29, 1.82) is 0 Å². The average Bonchev–Trinajstić information content (AvgIpc) is 1.62. The third kappa shape index (κ3) is 5.00. The second kappa shape index (κ2) is 4.37. The van der Waals surface area contributed by atoms with Crippen LogP contribution in [0.2, 0.25) is 0 Å². The van der Waals surface area contributed by atoms with E-state index in [4.69, 9.17) is 0 Å². The summed E-state index contributed by atoms with van der Waals surface area (Å²) in [5.41, 5.74) is -0.477. The van der Waals surface area contributed by atoms with Crippen LogP contribution < -0.4 is 29.6 Å². The van der Waals surface area contributed by atoms with Gasteiger partial charge in [0.2, 0.25) is 0 Å². The first kappa shape index (κ1) is 12.2. The van der Waals surface area contributed by atoms with Crippen molar-refractivity contribution in [2.45, 2.75) is 20.8 Å². The molecule has 0 spiro atoms. The van der Waals surface area contributed by atoms with Gasteiger partial charge in [0.15, 0.2) is 0 Å². The van der Waals surface area contributed by atoms with Gasteiger partial charge in [-0.1, -0.05) is 0 Å². The Morgan fingerprint density at radius 2 is 1.78 bits per heavy atom. The van der Waals surface area contributed by atoms with Gasteiger partial charge in [0.05, 0.1) is 5.41 Å². The second-order valence-electron chi connectivity index (χ2n) is 2.66. The van der Waals surface area contributed by atoms with Crippen molar-refractivity contribution in [2.75, 3.05) is 0 Å². The molecule has 0 atom stereocenters. The van der Waals surface area contributed by atoms with Gasteiger partial charge >= 0.3 is 29.6 Å². The summed E-state index contributed by atoms with van der Waals surface area (Å²) in [6.45, 7) is 5.21. The van der Waals surface area contributed by atoms with Crippen molar-refractivity contribution in [1.82, 2.24) is 0 Å². The summed E-state index contributed by atoms with van der Waals surface area (Å²) < 4.78 is 3.98. The summed E-state index contributed by atoms with van der Waals surface area (Å²) in [5, 5.41) is 0. The van der Waals surface area contributed by atoms with Crippen molar-refractivity contribution in [3.05, 3.63) is 0 Å². The van der Waals surface area contributed by atoms with E-state index in [1.54, 1.807) is 20.8 Å². The van der Waals surface area contributed by atoms with E-state index in [1.807, 2.05) is 0 Å². The monoisotopic (exact) mass is 135 g/mol. The maximum Gasteiger partial charge on any atom is 1.00 e. The van der Waals surface area contributed by atoms with E-state index >= 15 is 0 Å². The molecule has 0 aromatic heterocycles. The van der Waals surface area contributed by atoms with E-state index in [0.717, 1.165) is 0 Å². The first-order valence-electron chi connectivity index (χ1n) is 2.39. The Morgan fingerprint density at radius 3 is 1.78 bits per heavy atom. The van der Waals surface area contributed by atoms with Gasteiger partial charge in [-0.15, -0.1) is 0 Å². The Balaban J connectivity index is 0. The molecule has 0 rings (SSSR count). The smallest absolute Gasteiger partial charge is 0.793 e. The standard InChI is InChI=1S/C5H9BO2.Na/c1-5(2,3)4(7)8-6;/h1-3H3;/q-1;+1. The van der Waals surface area contributed by atoms with Crippen LogP contribution in [0.3, 0.4) is 0 Å². The molecule has 0 saturated heterocycles. The molecule has 3 radical (unpaired) electrons. The zero-order valence-electron chi connectivity index (χ0n) is 6.39. The van der Waals surface area contributed by atoms with Gasteiger partial charge < -0.3 is 12.7 Å². The van der Waals surface area contributed by atoms with Gasteiger partial charge in [-0.25, -0.2) is 0 Å². The number of hydrogen-bond donors (Lipinski definition) is 0. The molecule has 0 saturated carbocycles. The van der Waals surface area contributed by atoms with Crippen LogP contribution >= 0.6 is 0 Å². The molecule has 0 aromatic rings. The van der Waals surface area contributed by atoms with Crippen LogP contribution in [0.5, 0.6) is 0 Å². The largest absolute Gasteiger partial charge is 1.00 e. The molecule has 45 valence electrons. The molecule has 0 aromatic carbocycles. The van der Waals surface area contributed by atoms with Crippen molar-refractivity contribution in [3.63, 3.8) is 0 Å². The molecule has 0 heterocycles. The van der Waals surface area contributed by atoms with Crippen LogP contribution in [-0.4, -0.2) is 14.0 Å². The summed E-state index contributed by atoms with van der Waals surface area (Å²) in [4.78, 5) is 10.5. The van der Waals surface area contributed by atoms with Crippen LogP contribution in [0.1, 0.15) is 20.8 Å². The number of carbonyl (C=O) groups is 1. The summed E-state index contributed by atoms with van der Waals surface area (Å²) >= 11 is 0. The quantitative estimate of drug-likeness (QED) is 0.348. The van der Waals surface area contributed by atoms with Crippen LogP contribution in [0.15, 0.2) is 0 Å². The van der Waals surface area contributed by atoms with Crippen LogP contribution in [0, 0.1) is 5.41 Å². The van der Waals surface area contributed by atoms with Crippen molar-refractivity contribution in [2.24, 2.45) is 5.41 Å². The van der Waals surface area contributed by atoms with Crippen LogP contribution in [0.4, 0.5) is 0 Å². The molecule has 0 aliphatic rings. The minimum absolute atomic E-state index is 0. The first-order valence-corrected chi connectivity index (χ1v) is 2.39. The summed E-state index contributed by atoms with van der Waals surface area (Å²) in [5.74, 6) is -0.391. The zero-order chi connectivity index (χ0) is 6.78. The fourth-order valence-corrected chi connectivity index (χ4v) is 0.177. The molecule has 0 aliphatic heterocycles. The van der Waals surface area contributed by atoms with E-state index in [0.29, 0.717) is 0 Å². The summed E-state index contributed by atoms with van der Waals surface area (Å²) in [7, 11) is 4.61. The van der Waals surface area contributed by atoms with E-state index in [9.17, 15) is 4.79 Å². The van der Waals surface area contributed by atoms with Gasteiger partial charge in [-0.2, -0.15) is 0 Å². The molecule has 0 unspecified atom stereocenters. The van der Waals surface area contributed by atoms with Gasteiger partial charge in [-0.05, 0) is 20.8 Å². The van der Waals surface area contributed by atoms with Gasteiger partial charge in [0, 0.05) is 0 Å². The number of carbonyl (C=O) groups excluding carboxylic acids is 1. The average molecular weight is 135 g/mol. The van der Waals surface area contributed by atoms with Gasteiger partial charge in [0.1, 0.15) is 0 Å². The van der Waals surface area contributed by atoms with E-state index < -0.39 is 11.4 Å². The third-order valence-electron chi connectivity index (χ3n) is 0.719. The Kier molecular flexibility index (Phi) is 5.93.